The van der Waals surface area contributed by atoms with Gasteiger partial charge in [0.25, 0.3) is 0 Å². The van der Waals surface area contributed by atoms with Gasteiger partial charge < -0.3 is 10.2 Å². The molecule has 1 aromatic carbocycles. The van der Waals surface area contributed by atoms with Crippen LogP contribution in [0, 0.1) is 0 Å². The highest BCUT2D eigenvalue weighted by atomic mass is 32.2. The van der Waals surface area contributed by atoms with Gasteiger partial charge in [-0.15, -0.1) is 0 Å². The summed E-state index contributed by atoms with van der Waals surface area (Å²) in [5.74, 6) is -0.159. The quantitative estimate of drug-likeness (QED) is 0.847. The van der Waals surface area contributed by atoms with Gasteiger partial charge in [0.15, 0.2) is 0 Å². The van der Waals surface area contributed by atoms with Crippen molar-refractivity contribution in [1.29, 1.82) is 0 Å². The molecule has 1 N–H and O–H groups in total. The molecule has 2 aliphatic rings. The average Bonchev–Trinajstić information content (AvgIpc) is 2.71. The number of carbonyl (C=O) groups excluding carboxylic acids is 2. The molecule has 8 heteroatoms. The van der Waals surface area contributed by atoms with Crippen molar-refractivity contribution in [1.82, 2.24) is 9.21 Å². The number of fused-ring (bicyclic) bond motifs is 1. The summed E-state index contributed by atoms with van der Waals surface area (Å²) in [6.07, 6.45) is 0.820. The fourth-order valence-electron chi connectivity index (χ4n) is 2.96. The summed E-state index contributed by atoms with van der Waals surface area (Å²) in [5.41, 5.74) is 1.38. The van der Waals surface area contributed by atoms with Crippen LogP contribution in [-0.2, 0) is 26.0 Å². The lowest BCUT2D eigenvalue weighted by Gasteiger charge is -2.21. The van der Waals surface area contributed by atoms with E-state index in [0.29, 0.717) is 37.3 Å². The van der Waals surface area contributed by atoms with E-state index in [0.717, 1.165) is 0 Å². The molecular formula is C15H19N3O4S. The van der Waals surface area contributed by atoms with Crippen molar-refractivity contribution < 1.29 is 18.0 Å². The predicted octanol–water partition coefficient (Wildman–Crippen LogP) is 0.424. The van der Waals surface area contributed by atoms with E-state index in [1.807, 2.05) is 0 Å². The second-order valence-corrected chi connectivity index (χ2v) is 7.75. The van der Waals surface area contributed by atoms with Crippen LogP contribution in [-0.4, -0.2) is 55.6 Å². The third-order valence-electron chi connectivity index (χ3n) is 4.24. The van der Waals surface area contributed by atoms with E-state index < -0.39 is 10.0 Å². The minimum Gasteiger partial charge on any atom is -0.342 e. The Bertz CT molecular complexity index is 760. The topological polar surface area (TPSA) is 86.8 Å². The van der Waals surface area contributed by atoms with Crippen LogP contribution in [0.1, 0.15) is 18.9 Å². The summed E-state index contributed by atoms with van der Waals surface area (Å²) in [6.45, 7) is 3.15. The highest BCUT2D eigenvalue weighted by Gasteiger charge is 2.29. The van der Waals surface area contributed by atoms with Crippen molar-refractivity contribution in [2.45, 2.75) is 24.7 Å². The van der Waals surface area contributed by atoms with Crippen molar-refractivity contribution in [3.8, 4) is 0 Å². The highest BCUT2D eigenvalue weighted by molar-refractivity contribution is 7.89. The lowest BCUT2D eigenvalue weighted by Crippen LogP contribution is -2.36. The molecule has 0 aliphatic carbocycles. The normalized spacial score (nSPS) is 19.2. The van der Waals surface area contributed by atoms with E-state index in [1.165, 1.54) is 17.3 Å². The molecular weight excluding hydrogens is 318 g/mol. The lowest BCUT2D eigenvalue weighted by atomic mass is 10.2. The first kappa shape index (κ1) is 15.9. The number of carbonyl (C=O) groups is 2. The maximum Gasteiger partial charge on any atom is 0.243 e. The summed E-state index contributed by atoms with van der Waals surface area (Å²) in [7, 11) is -3.62. The Labute approximate surface area is 135 Å². The van der Waals surface area contributed by atoms with Crippen LogP contribution >= 0.6 is 0 Å². The molecule has 0 aromatic heterocycles. The number of rotatable bonds is 2. The largest absolute Gasteiger partial charge is 0.342 e. The maximum absolute atomic E-state index is 12.8. The zero-order valence-electron chi connectivity index (χ0n) is 12.9. The van der Waals surface area contributed by atoms with Gasteiger partial charge in [-0.25, -0.2) is 8.42 Å². The molecule has 1 aromatic rings. The van der Waals surface area contributed by atoms with Crippen molar-refractivity contribution in [3.63, 3.8) is 0 Å². The van der Waals surface area contributed by atoms with Crippen LogP contribution in [0.3, 0.4) is 0 Å². The van der Waals surface area contributed by atoms with Gasteiger partial charge in [-0.05, 0) is 30.2 Å². The Morgan fingerprint density at radius 3 is 2.70 bits per heavy atom. The van der Waals surface area contributed by atoms with E-state index in [4.69, 9.17) is 0 Å². The minimum atomic E-state index is -3.62. The van der Waals surface area contributed by atoms with Crippen LogP contribution in [0.2, 0.25) is 0 Å². The first-order valence-corrected chi connectivity index (χ1v) is 9.00. The number of nitrogens with one attached hydrogen (secondary N) is 1. The lowest BCUT2D eigenvalue weighted by molar-refractivity contribution is -0.128. The van der Waals surface area contributed by atoms with E-state index in [1.54, 1.807) is 17.0 Å². The van der Waals surface area contributed by atoms with Gasteiger partial charge >= 0.3 is 0 Å². The Morgan fingerprint density at radius 1 is 1.17 bits per heavy atom. The molecule has 0 bridgehead atoms. The fraction of sp³-hybridized carbons (Fsp3) is 0.467. The van der Waals surface area contributed by atoms with Gasteiger partial charge in [-0.2, -0.15) is 4.31 Å². The molecule has 2 amide bonds. The third-order valence-corrected chi connectivity index (χ3v) is 6.13. The zero-order valence-corrected chi connectivity index (χ0v) is 13.7. The summed E-state index contributed by atoms with van der Waals surface area (Å²) in [5, 5.41) is 2.69. The summed E-state index contributed by atoms with van der Waals surface area (Å²) in [4.78, 5) is 24.7. The van der Waals surface area contributed by atoms with Crippen LogP contribution < -0.4 is 5.32 Å². The molecule has 0 radical (unpaired) electrons. The first-order valence-electron chi connectivity index (χ1n) is 7.56. The van der Waals surface area contributed by atoms with E-state index >= 15 is 0 Å². The molecule has 2 aliphatic heterocycles. The average molecular weight is 337 g/mol. The van der Waals surface area contributed by atoms with Crippen LogP contribution in [0.5, 0.6) is 0 Å². The highest BCUT2D eigenvalue weighted by Crippen LogP contribution is 2.27. The molecule has 1 saturated heterocycles. The molecule has 2 heterocycles. The summed E-state index contributed by atoms with van der Waals surface area (Å²) in [6, 6.07) is 4.72. The molecule has 124 valence electrons. The number of nitrogens with zero attached hydrogens (tertiary/aromatic N) is 2. The smallest absolute Gasteiger partial charge is 0.243 e. The standard InChI is InChI=1S/C15H19N3O4S/c1-11(19)17-5-2-6-18(8-7-17)23(21,22)13-3-4-14-12(9-13)10-15(20)16-14/h3-4,9H,2,5-8,10H2,1H3,(H,16,20). The number of amides is 2. The van der Waals surface area contributed by atoms with Crippen molar-refractivity contribution in [2.24, 2.45) is 0 Å². The Balaban J connectivity index is 1.83. The van der Waals surface area contributed by atoms with Gasteiger partial charge in [-0.3, -0.25) is 9.59 Å². The Hall–Kier alpha value is -1.93. The van der Waals surface area contributed by atoms with Crippen LogP contribution in [0.4, 0.5) is 5.69 Å². The van der Waals surface area contributed by atoms with Crippen molar-refractivity contribution >= 4 is 27.5 Å². The third kappa shape index (κ3) is 3.09. The number of benzene rings is 1. The molecule has 0 unspecified atom stereocenters. The Kier molecular flexibility index (Phi) is 4.11. The monoisotopic (exact) mass is 337 g/mol. The number of hydrogen-bond acceptors (Lipinski definition) is 4. The van der Waals surface area contributed by atoms with E-state index in [2.05, 4.69) is 5.32 Å². The molecule has 0 saturated carbocycles. The second kappa shape index (κ2) is 5.93. The van der Waals surface area contributed by atoms with Crippen molar-refractivity contribution in [2.75, 3.05) is 31.5 Å². The number of sulfonamides is 1. The number of anilines is 1. The molecule has 3 rings (SSSR count). The van der Waals surface area contributed by atoms with Gasteiger partial charge in [0.05, 0.1) is 11.3 Å². The number of hydrogen-bond donors (Lipinski definition) is 1. The Morgan fingerprint density at radius 2 is 1.96 bits per heavy atom. The van der Waals surface area contributed by atoms with Gasteiger partial charge in [0, 0.05) is 38.8 Å². The van der Waals surface area contributed by atoms with Crippen LogP contribution in [0.25, 0.3) is 0 Å². The first-order chi connectivity index (χ1) is 10.9. The molecule has 23 heavy (non-hydrogen) atoms. The molecule has 7 nitrogen and oxygen atoms in total. The maximum atomic E-state index is 12.8. The molecule has 1 fully saturated rings. The van der Waals surface area contributed by atoms with Gasteiger partial charge in [-0.1, -0.05) is 0 Å². The SMILES string of the molecule is CC(=O)N1CCCN(S(=O)(=O)c2ccc3c(c2)CC(=O)N3)CC1. The van der Waals surface area contributed by atoms with Crippen LogP contribution in [0.15, 0.2) is 23.1 Å². The van der Waals surface area contributed by atoms with Crippen molar-refractivity contribution in [3.05, 3.63) is 23.8 Å². The minimum absolute atomic E-state index is 0.0358. The second-order valence-electron chi connectivity index (χ2n) is 5.81. The fourth-order valence-corrected chi connectivity index (χ4v) is 4.49. The predicted molar refractivity (Wildman–Crippen MR) is 84.4 cm³/mol. The van der Waals surface area contributed by atoms with E-state index in [9.17, 15) is 18.0 Å². The van der Waals surface area contributed by atoms with Gasteiger partial charge in [0.2, 0.25) is 21.8 Å². The molecule has 0 spiro atoms. The zero-order chi connectivity index (χ0) is 16.6. The summed E-state index contributed by atoms with van der Waals surface area (Å²) >= 11 is 0. The summed E-state index contributed by atoms with van der Waals surface area (Å²) < 4.78 is 27.0. The molecule has 0 atom stereocenters. The van der Waals surface area contributed by atoms with Gasteiger partial charge in [0.1, 0.15) is 0 Å². The van der Waals surface area contributed by atoms with E-state index in [-0.39, 0.29) is 29.7 Å².